The Labute approximate surface area is 82.7 Å². The van der Waals surface area contributed by atoms with Gasteiger partial charge in [-0.1, -0.05) is 42.1 Å². The second kappa shape index (κ2) is 4.97. The first-order chi connectivity index (χ1) is 6.74. The van der Waals surface area contributed by atoms with Gasteiger partial charge < -0.3 is 4.84 Å². The summed E-state index contributed by atoms with van der Waals surface area (Å²) in [6, 6.07) is 7.55. The minimum absolute atomic E-state index is 0.433. The zero-order valence-corrected chi connectivity index (χ0v) is 7.93. The summed E-state index contributed by atoms with van der Waals surface area (Å²) in [5.41, 5.74) is 1.81. The highest BCUT2D eigenvalue weighted by Gasteiger charge is 1.94. The lowest BCUT2D eigenvalue weighted by atomic mass is 10.1. The largest absolute Gasteiger partial charge is 0.331 e. The summed E-state index contributed by atoms with van der Waals surface area (Å²) in [7, 11) is 0. The van der Waals surface area contributed by atoms with Crippen molar-refractivity contribution >= 4 is 18.3 Å². The summed E-state index contributed by atoms with van der Waals surface area (Å²) in [5, 5.41) is 3.53. The zero-order chi connectivity index (χ0) is 10.4. The molecule has 14 heavy (non-hydrogen) atoms. The van der Waals surface area contributed by atoms with Crippen LogP contribution in [-0.4, -0.2) is 12.2 Å². The fraction of sp³-hybridized carbons (Fsp3) is 0.0909. The van der Waals surface area contributed by atoms with E-state index in [4.69, 9.17) is 0 Å². The van der Waals surface area contributed by atoms with Crippen molar-refractivity contribution in [2.45, 2.75) is 6.92 Å². The van der Waals surface area contributed by atoms with Crippen LogP contribution in [0.2, 0.25) is 0 Å². The molecule has 0 aliphatic rings. The van der Waals surface area contributed by atoms with Crippen molar-refractivity contribution in [1.82, 2.24) is 0 Å². The van der Waals surface area contributed by atoms with Crippen LogP contribution >= 0.6 is 0 Å². The molecule has 0 unspecified atom stereocenters. The highest BCUT2D eigenvalue weighted by Crippen LogP contribution is 2.07. The van der Waals surface area contributed by atoms with E-state index in [1.807, 2.05) is 24.3 Å². The van der Waals surface area contributed by atoms with E-state index in [-0.39, 0.29) is 0 Å². The van der Waals surface area contributed by atoms with E-state index in [1.165, 1.54) is 13.1 Å². The Kier molecular flexibility index (Phi) is 3.61. The standard InChI is InChI=1S/C11H11NO2/c1-3-10-6-4-5-7-11(10)8-12-14-9(2)13/h3-8H,1H2,2H3/b12-8+. The summed E-state index contributed by atoms with van der Waals surface area (Å²) in [6.07, 6.45) is 3.20. The Morgan fingerprint density at radius 1 is 1.43 bits per heavy atom. The lowest BCUT2D eigenvalue weighted by Gasteiger charge is -1.97. The molecular formula is C11H11NO2. The molecule has 1 aromatic carbocycles. The van der Waals surface area contributed by atoms with E-state index < -0.39 is 5.97 Å². The van der Waals surface area contributed by atoms with E-state index in [0.29, 0.717) is 0 Å². The third kappa shape index (κ3) is 2.86. The summed E-state index contributed by atoms with van der Waals surface area (Å²) in [4.78, 5) is 14.9. The molecule has 0 aliphatic heterocycles. The molecule has 0 N–H and O–H groups in total. The smallest absolute Gasteiger partial charge is 0.319 e. The Hall–Kier alpha value is -1.90. The van der Waals surface area contributed by atoms with Gasteiger partial charge in [-0.05, 0) is 5.56 Å². The van der Waals surface area contributed by atoms with Crippen LogP contribution in [0.1, 0.15) is 18.1 Å². The number of nitrogens with zero attached hydrogens (tertiary/aromatic N) is 1. The van der Waals surface area contributed by atoms with Crippen molar-refractivity contribution in [3.05, 3.63) is 42.0 Å². The van der Waals surface area contributed by atoms with Gasteiger partial charge in [0, 0.05) is 12.5 Å². The Bertz CT molecular complexity index is 369. The first kappa shape index (κ1) is 10.2. The molecule has 3 heteroatoms. The molecular weight excluding hydrogens is 178 g/mol. The topological polar surface area (TPSA) is 38.7 Å². The van der Waals surface area contributed by atoms with Crippen LogP contribution in [0, 0.1) is 0 Å². The van der Waals surface area contributed by atoms with Crippen LogP contribution in [0.3, 0.4) is 0 Å². The van der Waals surface area contributed by atoms with Gasteiger partial charge in [-0.25, -0.2) is 4.79 Å². The van der Waals surface area contributed by atoms with E-state index in [1.54, 1.807) is 6.08 Å². The van der Waals surface area contributed by atoms with Gasteiger partial charge in [0.1, 0.15) is 0 Å². The van der Waals surface area contributed by atoms with E-state index in [9.17, 15) is 4.79 Å². The van der Waals surface area contributed by atoms with Crippen LogP contribution in [-0.2, 0) is 9.63 Å². The average Bonchev–Trinajstić information content (AvgIpc) is 2.18. The summed E-state index contributed by atoms with van der Waals surface area (Å²) >= 11 is 0. The second-order valence-electron chi connectivity index (χ2n) is 2.65. The maximum atomic E-state index is 10.4. The quantitative estimate of drug-likeness (QED) is 0.415. The predicted molar refractivity (Wildman–Crippen MR) is 55.9 cm³/mol. The van der Waals surface area contributed by atoms with Crippen molar-refractivity contribution in [1.29, 1.82) is 0 Å². The zero-order valence-electron chi connectivity index (χ0n) is 7.93. The van der Waals surface area contributed by atoms with E-state index in [2.05, 4.69) is 16.6 Å². The Morgan fingerprint density at radius 3 is 2.64 bits per heavy atom. The number of hydrogen-bond acceptors (Lipinski definition) is 3. The fourth-order valence-corrected chi connectivity index (χ4v) is 0.972. The number of carbonyl (C=O) groups excluding carboxylic acids is 1. The average molecular weight is 189 g/mol. The molecule has 0 saturated heterocycles. The van der Waals surface area contributed by atoms with Crippen LogP contribution in [0.25, 0.3) is 6.08 Å². The molecule has 0 bridgehead atoms. The normalized spacial score (nSPS) is 10.1. The summed E-state index contributed by atoms with van der Waals surface area (Å²) in [6.45, 7) is 4.97. The van der Waals surface area contributed by atoms with Crippen LogP contribution in [0.5, 0.6) is 0 Å². The van der Waals surface area contributed by atoms with Crippen molar-refractivity contribution in [3.8, 4) is 0 Å². The molecule has 0 aliphatic carbocycles. The summed E-state index contributed by atoms with van der Waals surface area (Å²) < 4.78 is 0. The molecule has 0 fully saturated rings. The third-order valence-corrected chi connectivity index (χ3v) is 1.59. The van der Waals surface area contributed by atoms with Gasteiger partial charge in [0.2, 0.25) is 0 Å². The molecule has 72 valence electrons. The van der Waals surface area contributed by atoms with Gasteiger partial charge in [0.25, 0.3) is 0 Å². The SMILES string of the molecule is C=Cc1ccccc1/C=N/OC(C)=O. The number of rotatable bonds is 3. The monoisotopic (exact) mass is 189 g/mol. The minimum Gasteiger partial charge on any atom is -0.319 e. The Balaban J connectivity index is 2.80. The lowest BCUT2D eigenvalue weighted by molar-refractivity contribution is -0.140. The van der Waals surface area contributed by atoms with E-state index >= 15 is 0 Å². The van der Waals surface area contributed by atoms with Gasteiger partial charge >= 0.3 is 5.97 Å². The minimum atomic E-state index is -0.433. The van der Waals surface area contributed by atoms with Gasteiger partial charge in [-0.15, -0.1) is 0 Å². The molecule has 0 atom stereocenters. The molecule has 0 aromatic heterocycles. The van der Waals surface area contributed by atoms with Gasteiger partial charge in [0.15, 0.2) is 0 Å². The van der Waals surface area contributed by atoms with Crippen molar-refractivity contribution in [2.75, 3.05) is 0 Å². The third-order valence-electron chi connectivity index (χ3n) is 1.59. The fourth-order valence-electron chi connectivity index (χ4n) is 0.972. The highest BCUT2D eigenvalue weighted by atomic mass is 16.7. The van der Waals surface area contributed by atoms with Crippen molar-refractivity contribution in [3.63, 3.8) is 0 Å². The van der Waals surface area contributed by atoms with Crippen LogP contribution < -0.4 is 0 Å². The number of oxime groups is 1. The van der Waals surface area contributed by atoms with Crippen LogP contribution in [0.15, 0.2) is 36.0 Å². The molecule has 0 amide bonds. The van der Waals surface area contributed by atoms with Crippen LogP contribution in [0.4, 0.5) is 0 Å². The number of benzene rings is 1. The number of carbonyl (C=O) groups is 1. The molecule has 0 spiro atoms. The maximum Gasteiger partial charge on any atom is 0.331 e. The number of hydrogen-bond donors (Lipinski definition) is 0. The first-order valence-electron chi connectivity index (χ1n) is 4.16. The molecule has 0 heterocycles. The van der Waals surface area contributed by atoms with Gasteiger partial charge in [-0.3, -0.25) is 0 Å². The molecule has 3 nitrogen and oxygen atoms in total. The Morgan fingerprint density at radius 2 is 2.07 bits per heavy atom. The molecule has 0 radical (unpaired) electrons. The molecule has 0 saturated carbocycles. The highest BCUT2D eigenvalue weighted by molar-refractivity contribution is 5.85. The lowest BCUT2D eigenvalue weighted by Crippen LogP contribution is -1.92. The molecule has 1 rings (SSSR count). The van der Waals surface area contributed by atoms with Crippen molar-refractivity contribution in [2.24, 2.45) is 5.16 Å². The van der Waals surface area contributed by atoms with Gasteiger partial charge in [-0.2, -0.15) is 0 Å². The molecule has 1 aromatic rings. The first-order valence-corrected chi connectivity index (χ1v) is 4.16. The van der Waals surface area contributed by atoms with Gasteiger partial charge in [0.05, 0.1) is 6.21 Å². The summed E-state index contributed by atoms with van der Waals surface area (Å²) in [5.74, 6) is -0.433. The van der Waals surface area contributed by atoms with E-state index in [0.717, 1.165) is 11.1 Å². The second-order valence-corrected chi connectivity index (χ2v) is 2.65. The van der Waals surface area contributed by atoms with Crippen molar-refractivity contribution < 1.29 is 9.63 Å². The maximum absolute atomic E-state index is 10.4. The predicted octanol–water partition coefficient (Wildman–Crippen LogP) is 2.23.